The summed E-state index contributed by atoms with van der Waals surface area (Å²) in [4.78, 5) is 47.2. The fourth-order valence-corrected chi connectivity index (χ4v) is 4.04. The number of thioether (sulfide) groups is 1. The smallest absolute Gasteiger partial charge is 0.343 e. The molecule has 10 nitrogen and oxygen atoms in total. The Morgan fingerprint density at radius 2 is 1.97 bits per heavy atom. The molecule has 0 bridgehead atoms. The molecule has 1 amide bonds. The largest absolute Gasteiger partial charge is 0.548 e. The standard InChI is InChI=1S/C21H16N2O8S2/c1-2-30-16-8-12(9-17-19(26)22(11-18(24)25)21(32)33-17)6-7-15(16)31-20(27)13-4-3-5-14(10-13)23(28)29/h3-10H,2,11H2,1H3,(H,24,25)/p-1/b17-9+. The number of rotatable bonds is 8. The minimum atomic E-state index is -1.43. The van der Waals surface area contributed by atoms with Crippen molar-refractivity contribution in [2.45, 2.75) is 6.92 Å². The third kappa shape index (κ3) is 5.73. The average Bonchev–Trinajstić information content (AvgIpc) is 3.02. The van der Waals surface area contributed by atoms with E-state index < -0.39 is 29.3 Å². The van der Waals surface area contributed by atoms with Gasteiger partial charge in [-0.15, -0.1) is 0 Å². The number of carboxylic acid groups (broad SMARTS) is 1. The molecule has 3 rings (SSSR count). The Morgan fingerprint density at radius 3 is 2.64 bits per heavy atom. The van der Waals surface area contributed by atoms with Crippen molar-refractivity contribution < 1.29 is 33.9 Å². The lowest BCUT2D eigenvalue weighted by atomic mass is 10.1. The van der Waals surface area contributed by atoms with Crippen molar-refractivity contribution in [3.63, 3.8) is 0 Å². The van der Waals surface area contributed by atoms with Crippen LogP contribution in [0.3, 0.4) is 0 Å². The minimum Gasteiger partial charge on any atom is -0.548 e. The van der Waals surface area contributed by atoms with Gasteiger partial charge in [0.2, 0.25) is 0 Å². The summed E-state index contributed by atoms with van der Waals surface area (Å²) >= 11 is 6.00. The molecule has 1 fully saturated rings. The molecule has 12 heteroatoms. The fourth-order valence-electron chi connectivity index (χ4n) is 2.79. The van der Waals surface area contributed by atoms with Crippen LogP contribution in [0.25, 0.3) is 6.08 Å². The number of hydrogen-bond acceptors (Lipinski definition) is 10. The number of carbonyl (C=O) groups excluding carboxylic acids is 3. The molecule has 0 unspecified atom stereocenters. The van der Waals surface area contributed by atoms with Crippen molar-refractivity contribution in [3.8, 4) is 11.5 Å². The maximum absolute atomic E-state index is 12.5. The van der Waals surface area contributed by atoms with Crippen LogP contribution in [0.4, 0.5) is 5.69 Å². The number of thiocarbonyl (C=S) groups is 1. The molecule has 0 N–H and O–H groups in total. The highest BCUT2D eigenvalue weighted by Gasteiger charge is 2.32. The van der Waals surface area contributed by atoms with Crippen molar-refractivity contribution in [2.75, 3.05) is 13.2 Å². The quantitative estimate of drug-likeness (QED) is 0.136. The molecule has 0 aromatic heterocycles. The van der Waals surface area contributed by atoms with Crippen LogP contribution in [0.15, 0.2) is 47.4 Å². The SMILES string of the molecule is CCOc1cc(/C=C2/SC(=S)N(CC(=O)[O-])C2=O)ccc1OC(=O)c1cccc([N+](=O)[O-])c1. The Balaban J connectivity index is 1.84. The second kappa shape index (κ2) is 10.2. The molecule has 33 heavy (non-hydrogen) atoms. The summed E-state index contributed by atoms with van der Waals surface area (Å²) in [6, 6.07) is 9.66. The first-order valence-corrected chi connectivity index (χ1v) is 10.6. The number of carboxylic acids is 1. The Kier molecular flexibility index (Phi) is 7.41. The van der Waals surface area contributed by atoms with Crippen molar-refractivity contribution in [3.05, 3.63) is 68.6 Å². The van der Waals surface area contributed by atoms with Gasteiger partial charge in [-0.1, -0.05) is 36.1 Å². The maximum Gasteiger partial charge on any atom is 0.343 e. The minimum absolute atomic E-state index is 0.00711. The van der Waals surface area contributed by atoms with Crippen molar-refractivity contribution in [2.24, 2.45) is 0 Å². The van der Waals surface area contributed by atoms with Gasteiger partial charge in [-0.25, -0.2) is 4.79 Å². The van der Waals surface area contributed by atoms with Gasteiger partial charge < -0.3 is 19.4 Å². The van der Waals surface area contributed by atoms with E-state index in [-0.39, 0.29) is 38.6 Å². The van der Waals surface area contributed by atoms with E-state index in [4.69, 9.17) is 21.7 Å². The molecular weight excluding hydrogens is 472 g/mol. The number of hydrogen-bond donors (Lipinski definition) is 0. The van der Waals surface area contributed by atoms with E-state index in [9.17, 15) is 29.6 Å². The molecule has 2 aromatic rings. The first-order chi connectivity index (χ1) is 15.7. The Morgan fingerprint density at radius 1 is 1.21 bits per heavy atom. The predicted octanol–water partition coefficient (Wildman–Crippen LogP) is 2.16. The van der Waals surface area contributed by atoms with Crippen LogP contribution < -0.4 is 14.6 Å². The molecule has 0 spiro atoms. The number of benzene rings is 2. The van der Waals surface area contributed by atoms with Crippen molar-refractivity contribution in [1.29, 1.82) is 0 Å². The van der Waals surface area contributed by atoms with E-state index in [1.54, 1.807) is 13.0 Å². The number of aliphatic carboxylic acids is 1. The fraction of sp³-hybridized carbons (Fsp3) is 0.143. The summed E-state index contributed by atoms with van der Waals surface area (Å²) in [7, 11) is 0. The number of nitro groups is 1. The van der Waals surface area contributed by atoms with Crippen LogP contribution in [0.1, 0.15) is 22.8 Å². The summed E-state index contributed by atoms with van der Waals surface area (Å²) < 4.78 is 11.0. The predicted molar refractivity (Wildman–Crippen MR) is 121 cm³/mol. The van der Waals surface area contributed by atoms with Gasteiger partial charge in [0.05, 0.1) is 34.5 Å². The summed E-state index contributed by atoms with van der Waals surface area (Å²) in [5.41, 5.74) is 0.260. The van der Waals surface area contributed by atoms with Crippen LogP contribution in [-0.2, 0) is 9.59 Å². The highest BCUT2D eigenvalue weighted by molar-refractivity contribution is 8.26. The summed E-state index contributed by atoms with van der Waals surface area (Å²) in [5, 5.41) is 21.8. The first kappa shape index (κ1) is 23.9. The number of carbonyl (C=O) groups is 3. The lowest BCUT2D eigenvalue weighted by Gasteiger charge is -2.14. The van der Waals surface area contributed by atoms with Gasteiger partial charge in [0.1, 0.15) is 4.32 Å². The molecule has 1 aliphatic rings. The van der Waals surface area contributed by atoms with Crippen molar-refractivity contribution >= 4 is 57.9 Å². The molecule has 0 radical (unpaired) electrons. The summed E-state index contributed by atoms with van der Waals surface area (Å²) in [6.07, 6.45) is 1.50. The number of amides is 1. The number of non-ortho nitro benzene ring substituents is 1. The van der Waals surface area contributed by atoms with Crippen LogP contribution in [0.5, 0.6) is 11.5 Å². The van der Waals surface area contributed by atoms with Gasteiger partial charge in [0.25, 0.3) is 11.6 Å². The third-order valence-electron chi connectivity index (χ3n) is 4.22. The van der Waals surface area contributed by atoms with Gasteiger partial charge >= 0.3 is 5.97 Å². The second-order valence-corrected chi connectivity index (χ2v) is 8.15. The number of nitrogens with zero attached hydrogens (tertiary/aromatic N) is 2. The van der Waals surface area contributed by atoms with Crippen LogP contribution in [0, 0.1) is 10.1 Å². The van der Waals surface area contributed by atoms with Gasteiger partial charge in [0, 0.05) is 12.1 Å². The molecule has 0 saturated carbocycles. The average molecular weight is 487 g/mol. The topological polar surface area (TPSA) is 139 Å². The molecular formula is C21H15N2O8S2-. The lowest BCUT2D eigenvalue weighted by Crippen LogP contribution is -2.40. The Hall–Kier alpha value is -3.77. The highest BCUT2D eigenvalue weighted by Crippen LogP contribution is 2.35. The molecule has 1 aliphatic heterocycles. The van der Waals surface area contributed by atoms with Crippen molar-refractivity contribution in [1.82, 2.24) is 4.90 Å². The first-order valence-electron chi connectivity index (χ1n) is 9.38. The normalized spacial score (nSPS) is 14.5. The van der Waals surface area contributed by atoms with E-state index in [2.05, 4.69) is 0 Å². The molecule has 0 aliphatic carbocycles. The third-order valence-corrected chi connectivity index (χ3v) is 5.60. The monoisotopic (exact) mass is 487 g/mol. The molecule has 1 saturated heterocycles. The van der Waals surface area contributed by atoms with Gasteiger partial charge in [-0.2, -0.15) is 0 Å². The summed E-state index contributed by atoms with van der Waals surface area (Å²) in [6.45, 7) is 1.33. The zero-order valence-electron chi connectivity index (χ0n) is 17.0. The maximum atomic E-state index is 12.5. The zero-order chi connectivity index (χ0) is 24.1. The van der Waals surface area contributed by atoms with Gasteiger partial charge in [0.15, 0.2) is 11.5 Å². The Bertz CT molecular complexity index is 1190. The van der Waals surface area contributed by atoms with E-state index in [1.165, 1.54) is 36.4 Å². The van der Waals surface area contributed by atoms with E-state index in [0.29, 0.717) is 5.56 Å². The summed E-state index contributed by atoms with van der Waals surface area (Å²) in [5.74, 6) is -2.52. The van der Waals surface area contributed by atoms with E-state index >= 15 is 0 Å². The van der Waals surface area contributed by atoms with Crippen LogP contribution in [0.2, 0.25) is 0 Å². The zero-order valence-corrected chi connectivity index (χ0v) is 18.6. The second-order valence-electron chi connectivity index (χ2n) is 6.48. The lowest BCUT2D eigenvalue weighted by molar-refractivity contribution is -0.384. The highest BCUT2D eigenvalue weighted by atomic mass is 32.2. The molecule has 2 aromatic carbocycles. The molecule has 1 heterocycles. The molecule has 0 atom stereocenters. The molecule has 170 valence electrons. The van der Waals surface area contributed by atoms with E-state index in [0.717, 1.165) is 22.7 Å². The van der Waals surface area contributed by atoms with Crippen LogP contribution in [-0.4, -0.2) is 45.1 Å². The number of esters is 1. The Labute approximate surface area is 196 Å². The van der Waals surface area contributed by atoms with Crippen LogP contribution >= 0.6 is 24.0 Å². The van der Waals surface area contributed by atoms with Gasteiger partial charge in [-0.05, 0) is 36.8 Å². The van der Waals surface area contributed by atoms with E-state index in [1.807, 2.05) is 0 Å². The number of nitro benzene ring substituents is 1. The van der Waals surface area contributed by atoms with Gasteiger partial charge in [-0.3, -0.25) is 19.8 Å². The number of ether oxygens (including phenoxy) is 2.